The molecule has 2 rings (SSSR count). The van der Waals surface area contributed by atoms with Crippen LogP contribution in [-0.2, 0) is 11.2 Å². The minimum Gasteiger partial charge on any atom is -0.326 e. The van der Waals surface area contributed by atoms with E-state index in [9.17, 15) is 4.79 Å². The van der Waals surface area contributed by atoms with E-state index in [-0.39, 0.29) is 5.91 Å². The van der Waals surface area contributed by atoms with E-state index in [1.165, 1.54) is 6.92 Å². The Kier molecular flexibility index (Phi) is 5.66. The third kappa shape index (κ3) is 4.81. The number of benzene rings is 1. The number of thiazole rings is 1. The number of hydrogen-bond donors (Lipinski definition) is 2. The van der Waals surface area contributed by atoms with E-state index in [1.807, 2.05) is 30.3 Å². The summed E-state index contributed by atoms with van der Waals surface area (Å²) < 4.78 is 0. The highest BCUT2D eigenvalue weighted by Crippen LogP contribution is 2.24. The predicted octanol–water partition coefficient (Wildman–Crippen LogP) is 3.09. The second kappa shape index (κ2) is 7.71. The van der Waals surface area contributed by atoms with Gasteiger partial charge >= 0.3 is 0 Å². The molecule has 0 saturated heterocycles. The summed E-state index contributed by atoms with van der Waals surface area (Å²) in [4.78, 5) is 15.7. The van der Waals surface area contributed by atoms with Gasteiger partial charge in [-0.05, 0) is 12.1 Å². The summed E-state index contributed by atoms with van der Waals surface area (Å²) >= 11 is 1.66. The number of carbonyl (C=O) groups excluding carboxylic acids is 1. The molecule has 0 fully saturated rings. The molecule has 110 valence electrons. The van der Waals surface area contributed by atoms with Crippen LogP contribution in [0.5, 0.6) is 0 Å². The number of hydrogen-bond acceptors (Lipinski definition) is 4. The highest BCUT2D eigenvalue weighted by atomic mass is 32.1. The van der Waals surface area contributed by atoms with Crippen molar-refractivity contribution >= 4 is 22.9 Å². The van der Waals surface area contributed by atoms with E-state index >= 15 is 0 Å². The third-order valence-electron chi connectivity index (χ3n) is 2.83. The molecule has 0 aliphatic carbocycles. The molecular weight excluding hydrogens is 282 g/mol. The zero-order valence-electron chi connectivity index (χ0n) is 12.1. The number of nitrogens with zero attached hydrogens (tertiary/aromatic N) is 1. The van der Waals surface area contributed by atoms with Crippen molar-refractivity contribution in [3.05, 3.63) is 47.3 Å². The fourth-order valence-electron chi connectivity index (χ4n) is 1.92. The maximum Gasteiger partial charge on any atom is 0.221 e. The maximum atomic E-state index is 11.1. The number of nitrogens with one attached hydrogen (secondary N) is 2. The number of rotatable bonds is 7. The van der Waals surface area contributed by atoms with Crippen LogP contribution in [0.1, 0.15) is 11.9 Å². The molecule has 0 atom stereocenters. The summed E-state index contributed by atoms with van der Waals surface area (Å²) in [7, 11) is 0. The summed E-state index contributed by atoms with van der Waals surface area (Å²) in [6.07, 6.45) is 2.75. The van der Waals surface area contributed by atoms with Crippen molar-refractivity contribution in [2.24, 2.45) is 0 Å². The van der Waals surface area contributed by atoms with Gasteiger partial charge in [-0.2, -0.15) is 0 Å². The minimum atomic E-state index is -0.0700. The maximum absolute atomic E-state index is 11.1. The largest absolute Gasteiger partial charge is 0.326 e. The first-order valence-corrected chi connectivity index (χ1v) is 7.71. The summed E-state index contributed by atoms with van der Waals surface area (Å²) in [6, 6.07) is 7.74. The zero-order valence-corrected chi connectivity index (χ0v) is 12.9. The Hall–Kier alpha value is -1.98. The average molecular weight is 301 g/mol. The Morgan fingerprint density at radius 2 is 2.33 bits per heavy atom. The molecule has 0 aliphatic rings. The van der Waals surface area contributed by atoms with Gasteiger partial charge in [0.15, 0.2) is 0 Å². The molecule has 2 N–H and O–H groups in total. The second-order valence-corrected chi connectivity index (χ2v) is 5.57. The molecule has 0 bridgehead atoms. The lowest BCUT2D eigenvalue weighted by molar-refractivity contribution is -0.114. The topological polar surface area (TPSA) is 54.0 Å². The molecule has 1 amide bonds. The van der Waals surface area contributed by atoms with Crippen molar-refractivity contribution in [3.8, 4) is 11.3 Å². The number of aromatic nitrogens is 1. The molecule has 0 saturated carbocycles. The monoisotopic (exact) mass is 301 g/mol. The summed E-state index contributed by atoms with van der Waals surface area (Å²) in [5.74, 6) is -0.0700. The lowest BCUT2D eigenvalue weighted by atomic mass is 10.1. The standard InChI is InChI=1S/C16H19N3OS/c1-3-8-17-9-7-16-19-15(11-21-16)13-5-4-6-14(10-13)18-12(2)20/h3-6,10-11,17H,1,7-9H2,2H3,(H,18,20). The summed E-state index contributed by atoms with van der Waals surface area (Å²) in [5, 5.41) is 9.21. The Morgan fingerprint density at radius 3 is 3.10 bits per heavy atom. The van der Waals surface area contributed by atoms with Gasteiger partial charge in [-0.25, -0.2) is 4.98 Å². The molecule has 0 aliphatic heterocycles. The fourth-order valence-corrected chi connectivity index (χ4v) is 2.72. The van der Waals surface area contributed by atoms with Crippen LogP contribution in [0.3, 0.4) is 0 Å². The number of carbonyl (C=O) groups is 1. The molecule has 1 aromatic carbocycles. The van der Waals surface area contributed by atoms with Crippen LogP contribution in [0.25, 0.3) is 11.3 Å². The molecule has 0 radical (unpaired) electrons. The highest BCUT2D eigenvalue weighted by Gasteiger charge is 2.05. The molecule has 21 heavy (non-hydrogen) atoms. The Labute approximate surface area is 128 Å². The van der Waals surface area contributed by atoms with Crippen LogP contribution in [0, 0.1) is 0 Å². The lowest BCUT2D eigenvalue weighted by Crippen LogP contribution is -2.16. The molecule has 4 nitrogen and oxygen atoms in total. The molecular formula is C16H19N3OS. The highest BCUT2D eigenvalue weighted by molar-refractivity contribution is 7.09. The van der Waals surface area contributed by atoms with E-state index < -0.39 is 0 Å². The van der Waals surface area contributed by atoms with Crippen LogP contribution in [0.4, 0.5) is 5.69 Å². The van der Waals surface area contributed by atoms with E-state index in [1.54, 1.807) is 11.3 Å². The average Bonchev–Trinajstić information content (AvgIpc) is 2.92. The quantitative estimate of drug-likeness (QED) is 0.610. The van der Waals surface area contributed by atoms with Gasteiger partial charge < -0.3 is 10.6 Å². The van der Waals surface area contributed by atoms with Crippen LogP contribution in [-0.4, -0.2) is 24.0 Å². The fraction of sp³-hybridized carbons (Fsp3) is 0.250. The first-order valence-electron chi connectivity index (χ1n) is 6.83. The van der Waals surface area contributed by atoms with Crippen LogP contribution >= 0.6 is 11.3 Å². The Morgan fingerprint density at radius 1 is 1.48 bits per heavy atom. The van der Waals surface area contributed by atoms with Gasteiger partial charge in [-0.1, -0.05) is 18.2 Å². The molecule has 1 heterocycles. The van der Waals surface area contributed by atoms with Gasteiger partial charge in [0, 0.05) is 43.1 Å². The van der Waals surface area contributed by atoms with Crippen molar-refractivity contribution in [1.29, 1.82) is 0 Å². The van der Waals surface area contributed by atoms with Gasteiger partial charge in [0.2, 0.25) is 5.91 Å². The van der Waals surface area contributed by atoms with Gasteiger partial charge in [0.05, 0.1) is 10.7 Å². The molecule has 0 spiro atoms. The van der Waals surface area contributed by atoms with Gasteiger partial charge in [0.25, 0.3) is 0 Å². The molecule has 5 heteroatoms. The molecule has 1 aromatic heterocycles. The van der Waals surface area contributed by atoms with Gasteiger partial charge in [0.1, 0.15) is 0 Å². The van der Waals surface area contributed by atoms with Crippen molar-refractivity contribution in [2.75, 3.05) is 18.4 Å². The first kappa shape index (κ1) is 15.4. The van der Waals surface area contributed by atoms with Crippen LogP contribution < -0.4 is 10.6 Å². The van der Waals surface area contributed by atoms with Crippen molar-refractivity contribution < 1.29 is 4.79 Å². The van der Waals surface area contributed by atoms with E-state index in [0.29, 0.717) is 0 Å². The third-order valence-corrected chi connectivity index (χ3v) is 3.74. The van der Waals surface area contributed by atoms with Crippen LogP contribution in [0.15, 0.2) is 42.3 Å². The summed E-state index contributed by atoms with van der Waals surface area (Å²) in [5.41, 5.74) is 2.76. The number of amides is 1. The Bertz CT molecular complexity index is 621. The van der Waals surface area contributed by atoms with Crippen molar-refractivity contribution in [1.82, 2.24) is 10.3 Å². The minimum absolute atomic E-state index is 0.0700. The Balaban J connectivity index is 2.03. The lowest BCUT2D eigenvalue weighted by Gasteiger charge is -2.03. The van der Waals surface area contributed by atoms with Crippen molar-refractivity contribution in [3.63, 3.8) is 0 Å². The predicted molar refractivity (Wildman–Crippen MR) is 88.6 cm³/mol. The SMILES string of the molecule is C=CCNCCc1nc(-c2cccc(NC(C)=O)c2)cs1. The second-order valence-electron chi connectivity index (χ2n) is 4.63. The van der Waals surface area contributed by atoms with Gasteiger partial charge in [-0.3, -0.25) is 4.79 Å². The smallest absolute Gasteiger partial charge is 0.221 e. The van der Waals surface area contributed by atoms with Crippen LogP contribution in [0.2, 0.25) is 0 Å². The van der Waals surface area contributed by atoms with E-state index in [2.05, 4.69) is 27.6 Å². The van der Waals surface area contributed by atoms with Crippen molar-refractivity contribution in [2.45, 2.75) is 13.3 Å². The first-order chi connectivity index (χ1) is 10.2. The number of anilines is 1. The molecule has 0 unspecified atom stereocenters. The molecule has 2 aromatic rings. The van der Waals surface area contributed by atoms with E-state index in [4.69, 9.17) is 0 Å². The zero-order chi connectivity index (χ0) is 15.1. The van der Waals surface area contributed by atoms with E-state index in [0.717, 1.165) is 41.5 Å². The normalized spacial score (nSPS) is 10.3. The van der Waals surface area contributed by atoms with Gasteiger partial charge in [-0.15, -0.1) is 17.9 Å². The summed E-state index contributed by atoms with van der Waals surface area (Å²) in [6.45, 7) is 6.89.